The summed E-state index contributed by atoms with van der Waals surface area (Å²) in [4.78, 5) is 12.1. The molecule has 1 aliphatic carbocycles. The van der Waals surface area contributed by atoms with Gasteiger partial charge in [0.2, 0.25) is 0 Å². The first-order chi connectivity index (χ1) is 9.59. The molecule has 0 spiro atoms. The van der Waals surface area contributed by atoms with Crippen molar-refractivity contribution < 1.29 is 4.79 Å². The SMILES string of the molecule is Cc1cccc2c(CC3CCCCC3=O)c(C)n(C)c12. The Bertz CT molecular complexity index is 666. The molecule has 20 heavy (non-hydrogen) atoms. The molecule has 1 fully saturated rings. The average molecular weight is 269 g/mol. The predicted octanol–water partition coefficient (Wildman–Crippen LogP) is 4.10. The molecule has 1 aromatic heterocycles. The third-order valence-electron chi connectivity index (χ3n) is 4.97. The first-order valence-electron chi connectivity index (χ1n) is 7.65. The topological polar surface area (TPSA) is 22.0 Å². The summed E-state index contributed by atoms with van der Waals surface area (Å²) in [5.74, 6) is 0.717. The van der Waals surface area contributed by atoms with Crippen LogP contribution in [-0.4, -0.2) is 10.4 Å². The van der Waals surface area contributed by atoms with Crippen LogP contribution in [0.1, 0.15) is 42.5 Å². The lowest BCUT2D eigenvalue weighted by Gasteiger charge is -2.20. The van der Waals surface area contributed by atoms with E-state index in [-0.39, 0.29) is 5.92 Å². The summed E-state index contributed by atoms with van der Waals surface area (Å²) < 4.78 is 2.29. The highest BCUT2D eigenvalue weighted by Gasteiger charge is 2.25. The summed E-state index contributed by atoms with van der Waals surface area (Å²) in [6.45, 7) is 4.35. The molecule has 0 bridgehead atoms. The number of ketones is 1. The van der Waals surface area contributed by atoms with Gasteiger partial charge in [-0.3, -0.25) is 4.79 Å². The maximum atomic E-state index is 12.1. The largest absolute Gasteiger partial charge is 0.347 e. The van der Waals surface area contributed by atoms with Gasteiger partial charge >= 0.3 is 0 Å². The minimum absolute atomic E-state index is 0.244. The standard InChI is InChI=1S/C18H23NO/c1-12-7-6-9-15-16(13(2)19(3)18(12)15)11-14-8-4-5-10-17(14)20/h6-7,9,14H,4-5,8,10-11H2,1-3H3. The van der Waals surface area contributed by atoms with Crippen LogP contribution in [0.25, 0.3) is 10.9 Å². The molecule has 2 aromatic rings. The fourth-order valence-corrected chi connectivity index (χ4v) is 3.69. The highest BCUT2D eigenvalue weighted by molar-refractivity contribution is 5.89. The molecule has 1 unspecified atom stereocenters. The quantitative estimate of drug-likeness (QED) is 0.804. The first kappa shape index (κ1) is 13.4. The minimum Gasteiger partial charge on any atom is -0.347 e. The van der Waals surface area contributed by atoms with Crippen LogP contribution in [0.5, 0.6) is 0 Å². The molecule has 0 saturated heterocycles. The van der Waals surface area contributed by atoms with E-state index in [0.717, 1.165) is 25.7 Å². The highest BCUT2D eigenvalue weighted by atomic mass is 16.1. The van der Waals surface area contributed by atoms with E-state index in [1.165, 1.54) is 34.1 Å². The zero-order chi connectivity index (χ0) is 14.3. The second-order valence-electron chi connectivity index (χ2n) is 6.21. The lowest BCUT2D eigenvalue weighted by molar-refractivity contribution is -0.124. The van der Waals surface area contributed by atoms with E-state index < -0.39 is 0 Å². The van der Waals surface area contributed by atoms with E-state index >= 15 is 0 Å². The summed E-state index contributed by atoms with van der Waals surface area (Å²) in [5.41, 5.74) is 5.33. The van der Waals surface area contributed by atoms with Gasteiger partial charge in [-0.05, 0) is 44.2 Å². The maximum absolute atomic E-state index is 12.1. The number of aryl methyl sites for hydroxylation is 2. The van der Waals surface area contributed by atoms with Crippen LogP contribution in [0.15, 0.2) is 18.2 Å². The Labute approximate surface area is 120 Å². The van der Waals surface area contributed by atoms with Crippen molar-refractivity contribution in [3.63, 3.8) is 0 Å². The first-order valence-corrected chi connectivity index (χ1v) is 7.65. The van der Waals surface area contributed by atoms with Gasteiger partial charge < -0.3 is 4.57 Å². The molecule has 1 aliphatic rings. The van der Waals surface area contributed by atoms with Crippen LogP contribution in [0.2, 0.25) is 0 Å². The third kappa shape index (κ3) is 2.07. The lowest BCUT2D eigenvalue weighted by Crippen LogP contribution is -2.21. The molecule has 3 rings (SSSR count). The van der Waals surface area contributed by atoms with E-state index in [0.29, 0.717) is 5.78 Å². The Kier molecular flexibility index (Phi) is 3.41. The van der Waals surface area contributed by atoms with Gasteiger partial charge in [-0.15, -0.1) is 0 Å². The second kappa shape index (κ2) is 5.08. The van der Waals surface area contributed by atoms with Crippen molar-refractivity contribution in [1.82, 2.24) is 4.57 Å². The number of carbonyl (C=O) groups is 1. The van der Waals surface area contributed by atoms with Crippen LogP contribution in [0, 0.1) is 19.8 Å². The molecule has 1 atom stereocenters. The lowest BCUT2D eigenvalue weighted by atomic mass is 9.83. The predicted molar refractivity (Wildman–Crippen MR) is 83.1 cm³/mol. The van der Waals surface area contributed by atoms with E-state index in [1.807, 2.05) is 0 Å². The fourth-order valence-electron chi connectivity index (χ4n) is 3.69. The van der Waals surface area contributed by atoms with E-state index in [2.05, 4.69) is 43.7 Å². The Hall–Kier alpha value is -1.57. The van der Waals surface area contributed by atoms with Gasteiger partial charge in [0.15, 0.2) is 0 Å². The summed E-state index contributed by atoms with van der Waals surface area (Å²) in [6, 6.07) is 6.50. The van der Waals surface area contributed by atoms with Crippen molar-refractivity contribution in [2.24, 2.45) is 13.0 Å². The molecule has 106 valence electrons. The Morgan fingerprint density at radius 2 is 2.05 bits per heavy atom. The van der Waals surface area contributed by atoms with Crippen molar-refractivity contribution >= 4 is 16.7 Å². The van der Waals surface area contributed by atoms with Crippen molar-refractivity contribution in [2.45, 2.75) is 46.0 Å². The van der Waals surface area contributed by atoms with Gasteiger partial charge in [0.25, 0.3) is 0 Å². The number of carbonyl (C=O) groups excluding carboxylic acids is 1. The molecule has 2 heteroatoms. The number of Topliss-reactive ketones (excluding diaryl/α,β-unsaturated/α-hetero) is 1. The Morgan fingerprint density at radius 3 is 2.80 bits per heavy atom. The summed E-state index contributed by atoms with van der Waals surface area (Å²) in [5, 5.41) is 1.34. The molecule has 0 aliphatic heterocycles. The number of para-hydroxylation sites is 1. The number of aromatic nitrogens is 1. The van der Waals surface area contributed by atoms with Crippen molar-refractivity contribution in [3.05, 3.63) is 35.0 Å². The monoisotopic (exact) mass is 269 g/mol. The highest BCUT2D eigenvalue weighted by Crippen LogP contribution is 2.32. The second-order valence-corrected chi connectivity index (χ2v) is 6.21. The van der Waals surface area contributed by atoms with Gasteiger partial charge in [0.1, 0.15) is 5.78 Å². The third-order valence-corrected chi connectivity index (χ3v) is 4.97. The average Bonchev–Trinajstić information content (AvgIpc) is 2.67. The van der Waals surface area contributed by atoms with E-state index in [1.54, 1.807) is 0 Å². The van der Waals surface area contributed by atoms with Crippen molar-refractivity contribution in [2.75, 3.05) is 0 Å². The molecule has 0 N–H and O–H groups in total. The van der Waals surface area contributed by atoms with Crippen LogP contribution in [0.4, 0.5) is 0 Å². The number of rotatable bonds is 2. The normalized spacial score (nSPS) is 19.8. The Morgan fingerprint density at radius 1 is 1.25 bits per heavy atom. The molecule has 0 radical (unpaired) electrons. The number of benzene rings is 1. The Balaban J connectivity index is 2.05. The van der Waals surface area contributed by atoms with Gasteiger partial charge in [-0.1, -0.05) is 24.6 Å². The van der Waals surface area contributed by atoms with Gasteiger partial charge in [0.05, 0.1) is 5.52 Å². The maximum Gasteiger partial charge on any atom is 0.136 e. The van der Waals surface area contributed by atoms with E-state index in [4.69, 9.17) is 0 Å². The van der Waals surface area contributed by atoms with Crippen molar-refractivity contribution in [1.29, 1.82) is 0 Å². The molecule has 2 nitrogen and oxygen atoms in total. The van der Waals surface area contributed by atoms with Crippen LogP contribution in [0.3, 0.4) is 0 Å². The zero-order valence-corrected chi connectivity index (χ0v) is 12.7. The van der Waals surface area contributed by atoms with Crippen LogP contribution >= 0.6 is 0 Å². The number of hydrogen-bond donors (Lipinski definition) is 0. The number of hydrogen-bond acceptors (Lipinski definition) is 1. The smallest absolute Gasteiger partial charge is 0.136 e. The molecule has 0 amide bonds. The summed E-state index contributed by atoms with van der Waals surface area (Å²) >= 11 is 0. The summed E-state index contributed by atoms with van der Waals surface area (Å²) in [6.07, 6.45) is 5.07. The molecule has 1 heterocycles. The number of nitrogens with zero attached hydrogens (tertiary/aromatic N) is 1. The van der Waals surface area contributed by atoms with Crippen LogP contribution < -0.4 is 0 Å². The number of fused-ring (bicyclic) bond motifs is 1. The van der Waals surface area contributed by atoms with Crippen LogP contribution in [-0.2, 0) is 18.3 Å². The zero-order valence-electron chi connectivity index (χ0n) is 12.7. The van der Waals surface area contributed by atoms with E-state index in [9.17, 15) is 4.79 Å². The van der Waals surface area contributed by atoms with Gasteiger partial charge in [0, 0.05) is 30.5 Å². The molecular weight excluding hydrogens is 246 g/mol. The summed E-state index contributed by atoms with van der Waals surface area (Å²) in [7, 11) is 2.14. The minimum atomic E-state index is 0.244. The fraction of sp³-hybridized carbons (Fsp3) is 0.500. The molecule has 1 aromatic carbocycles. The van der Waals surface area contributed by atoms with Gasteiger partial charge in [-0.25, -0.2) is 0 Å². The van der Waals surface area contributed by atoms with Crippen molar-refractivity contribution in [3.8, 4) is 0 Å². The molecular formula is C18H23NO. The molecule has 1 saturated carbocycles. The van der Waals surface area contributed by atoms with Gasteiger partial charge in [-0.2, -0.15) is 0 Å².